The molecule has 2 aliphatic rings. The third-order valence-corrected chi connectivity index (χ3v) is 7.25. The minimum atomic E-state index is -1.81. The van der Waals surface area contributed by atoms with E-state index in [1.165, 1.54) is 19.9 Å². The first-order valence-electron chi connectivity index (χ1n) is 12.9. The van der Waals surface area contributed by atoms with Crippen molar-refractivity contribution in [2.24, 2.45) is 0 Å². The van der Waals surface area contributed by atoms with Gasteiger partial charge in [-0.25, -0.2) is 0 Å². The maximum atomic E-state index is 13.7. The third-order valence-electron chi connectivity index (χ3n) is 7.25. The molecule has 1 aromatic heterocycles. The van der Waals surface area contributed by atoms with Gasteiger partial charge in [0.25, 0.3) is 0 Å². The van der Waals surface area contributed by atoms with E-state index in [0.717, 1.165) is 24.3 Å². The number of hydrogen-bond donors (Lipinski definition) is 9. The van der Waals surface area contributed by atoms with Gasteiger partial charge in [-0.2, -0.15) is 0 Å². The highest BCUT2D eigenvalue weighted by atomic mass is 16.7. The number of aliphatic hydroxyl groups excluding tert-OH is 6. The van der Waals surface area contributed by atoms with Crippen molar-refractivity contribution in [3.05, 3.63) is 40.6 Å². The molecule has 2 aromatic carbocycles. The van der Waals surface area contributed by atoms with E-state index in [0.29, 0.717) is 0 Å². The monoisotopic (exact) mass is 594 g/mol. The zero-order valence-electron chi connectivity index (χ0n) is 22.1. The molecule has 2 fully saturated rings. The Morgan fingerprint density at radius 2 is 1.24 bits per heavy atom. The highest BCUT2D eigenvalue weighted by Crippen LogP contribution is 2.40. The molecule has 3 heterocycles. The normalized spacial score (nSPS) is 33.4. The molecule has 15 heteroatoms. The Kier molecular flexibility index (Phi) is 7.95. The van der Waals surface area contributed by atoms with Gasteiger partial charge in [0.15, 0.2) is 17.3 Å². The number of benzene rings is 2. The van der Waals surface area contributed by atoms with Crippen molar-refractivity contribution in [1.29, 1.82) is 0 Å². The number of fused-ring (bicyclic) bond motifs is 1. The summed E-state index contributed by atoms with van der Waals surface area (Å²) in [5.74, 6) is -2.89. The van der Waals surface area contributed by atoms with E-state index in [4.69, 9.17) is 23.4 Å². The van der Waals surface area contributed by atoms with E-state index >= 15 is 0 Å². The first-order valence-corrected chi connectivity index (χ1v) is 12.9. The average molecular weight is 595 g/mol. The van der Waals surface area contributed by atoms with Gasteiger partial charge in [0, 0.05) is 17.7 Å². The first-order chi connectivity index (χ1) is 19.8. The number of rotatable bonds is 5. The number of phenolic OH excluding ortho intramolecular Hbond substituents is 3. The van der Waals surface area contributed by atoms with Gasteiger partial charge in [0.2, 0.25) is 23.8 Å². The van der Waals surface area contributed by atoms with Crippen molar-refractivity contribution >= 4 is 11.0 Å². The van der Waals surface area contributed by atoms with Crippen molar-refractivity contribution in [3.8, 4) is 40.1 Å². The van der Waals surface area contributed by atoms with Crippen molar-refractivity contribution in [3.63, 3.8) is 0 Å². The fraction of sp³-hybridized carbons (Fsp3) is 0.444. The lowest BCUT2D eigenvalue weighted by Gasteiger charge is -2.39. The second-order valence-electron chi connectivity index (χ2n) is 10.2. The number of phenols is 3. The fourth-order valence-corrected chi connectivity index (χ4v) is 4.76. The number of ether oxygens (including phenoxy) is 4. The summed E-state index contributed by atoms with van der Waals surface area (Å²) in [6, 6.07) is 5.59. The molecule has 42 heavy (non-hydrogen) atoms. The van der Waals surface area contributed by atoms with Crippen LogP contribution in [0.2, 0.25) is 0 Å². The van der Waals surface area contributed by atoms with E-state index in [2.05, 4.69) is 0 Å². The Labute approximate surface area is 236 Å². The van der Waals surface area contributed by atoms with Crippen LogP contribution in [-0.4, -0.2) is 107 Å². The second-order valence-corrected chi connectivity index (χ2v) is 10.2. The Balaban J connectivity index is 1.61. The van der Waals surface area contributed by atoms with Gasteiger partial charge in [0.05, 0.1) is 12.2 Å². The summed E-state index contributed by atoms with van der Waals surface area (Å²) in [6.07, 6.45) is -14.7. The summed E-state index contributed by atoms with van der Waals surface area (Å²) in [4.78, 5) is 13.7. The zero-order valence-corrected chi connectivity index (χ0v) is 22.1. The van der Waals surface area contributed by atoms with Crippen LogP contribution in [0, 0.1) is 0 Å². The summed E-state index contributed by atoms with van der Waals surface area (Å²) < 4.78 is 28.0. The first kappa shape index (κ1) is 29.8. The van der Waals surface area contributed by atoms with Crippen LogP contribution in [0.5, 0.6) is 28.7 Å². The van der Waals surface area contributed by atoms with Crippen molar-refractivity contribution < 1.29 is 69.3 Å². The van der Waals surface area contributed by atoms with Crippen LogP contribution in [0.3, 0.4) is 0 Å². The minimum Gasteiger partial charge on any atom is -0.507 e. The van der Waals surface area contributed by atoms with E-state index in [1.54, 1.807) is 0 Å². The molecule has 0 saturated carbocycles. The van der Waals surface area contributed by atoms with Gasteiger partial charge in [-0.05, 0) is 32.0 Å². The van der Waals surface area contributed by atoms with Gasteiger partial charge < -0.3 is 69.3 Å². The van der Waals surface area contributed by atoms with Gasteiger partial charge in [-0.3, -0.25) is 4.79 Å². The molecule has 0 amide bonds. The van der Waals surface area contributed by atoms with E-state index in [-0.39, 0.29) is 22.7 Å². The molecule has 0 aliphatic carbocycles. The number of aromatic hydroxyl groups is 3. The van der Waals surface area contributed by atoms with Crippen LogP contribution in [0.1, 0.15) is 13.8 Å². The molecule has 3 aromatic rings. The smallest absolute Gasteiger partial charge is 0.239 e. The average Bonchev–Trinajstić information content (AvgIpc) is 2.94. The zero-order chi connectivity index (χ0) is 30.6. The lowest BCUT2D eigenvalue weighted by atomic mass is 10.00. The number of aliphatic hydroxyl groups is 6. The molecule has 0 bridgehead atoms. The van der Waals surface area contributed by atoms with Gasteiger partial charge >= 0.3 is 0 Å². The largest absolute Gasteiger partial charge is 0.507 e. The molecule has 10 atom stereocenters. The Bertz CT molecular complexity index is 1520. The molecule has 0 unspecified atom stereocenters. The summed E-state index contributed by atoms with van der Waals surface area (Å²) in [5.41, 5.74) is -1.26. The van der Waals surface area contributed by atoms with Crippen LogP contribution in [-0.2, 0) is 9.47 Å². The van der Waals surface area contributed by atoms with Crippen molar-refractivity contribution in [2.45, 2.75) is 75.3 Å². The molecule has 9 N–H and O–H groups in total. The van der Waals surface area contributed by atoms with Gasteiger partial charge in [0.1, 0.15) is 59.1 Å². The van der Waals surface area contributed by atoms with E-state index < -0.39 is 95.2 Å². The summed E-state index contributed by atoms with van der Waals surface area (Å²) >= 11 is 0. The molecule has 2 saturated heterocycles. The predicted molar refractivity (Wildman–Crippen MR) is 139 cm³/mol. The molecular formula is C27H30O15. The maximum absolute atomic E-state index is 13.7. The summed E-state index contributed by atoms with van der Waals surface area (Å²) in [6.45, 7) is 2.85. The standard InChI is InChI=1S/C27H30O15/c1-8-17(31)20(34)22(36)26(38-8)40-11-6-14(30)16-15(7-11)41-24(10-3-4-12(28)13(29)5-10)25(19(16)33)42-27-23(37)21(35)18(32)9(2)39-27/h3-9,17-18,20-23,26-32,34-37H,1-2H3/t8-,9-,17-,18-,20+,21+,22+,23+,26+,27+/m1/s1. The van der Waals surface area contributed by atoms with Gasteiger partial charge in [-0.15, -0.1) is 0 Å². The molecular weight excluding hydrogens is 564 g/mol. The highest BCUT2D eigenvalue weighted by Gasteiger charge is 2.45. The van der Waals surface area contributed by atoms with Crippen LogP contribution in [0.25, 0.3) is 22.3 Å². The third kappa shape index (κ3) is 5.21. The number of hydrogen-bond acceptors (Lipinski definition) is 15. The predicted octanol–water partition coefficient (Wildman–Crippen LogP) is -1.01. The SMILES string of the molecule is C[C@H]1O[C@@H](Oc2cc(O)c3c(=O)c(O[C@@H]4O[C@H](C)[C@@H](O)[C@H](O)[C@@H]4O)c(-c4ccc(O)c(O)c4)oc3c2)[C@@H](O)[C@@H](O)[C@@H]1O. The lowest BCUT2D eigenvalue weighted by Crippen LogP contribution is -2.58. The van der Waals surface area contributed by atoms with Crippen LogP contribution in [0.15, 0.2) is 39.5 Å². The Morgan fingerprint density at radius 1 is 0.667 bits per heavy atom. The topological polar surface area (TPSA) is 249 Å². The van der Waals surface area contributed by atoms with Gasteiger partial charge in [-0.1, -0.05) is 0 Å². The summed E-state index contributed by atoms with van der Waals surface area (Å²) in [5, 5.41) is 91.2. The minimum absolute atomic E-state index is 0.000938. The summed E-state index contributed by atoms with van der Waals surface area (Å²) in [7, 11) is 0. The van der Waals surface area contributed by atoms with Crippen LogP contribution < -0.4 is 14.9 Å². The quantitative estimate of drug-likeness (QED) is 0.161. The second kappa shape index (κ2) is 11.2. The molecule has 15 nitrogen and oxygen atoms in total. The van der Waals surface area contributed by atoms with E-state index in [9.17, 15) is 50.8 Å². The van der Waals surface area contributed by atoms with Crippen LogP contribution >= 0.6 is 0 Å². The molecule has 2 aliphatic heterocycles. The maximum Gasteiger partial charge on any atom is 0.239 e. The van der Waals surface area contributed by atoms with E-state index in [1.807, 2.05) is 0 Å². The molecule has 0 spiro atoms. The highest BCUT2D eigenvalue weighted by molar-refractivity contribution is 5.88. The van der Waals surface area contributed by atoms with Crippen molar-refractivity contribution in [2.75, 3.05) is 0 Å². The molecule has 5 rings (SSSR count). The Hall–Kier alpha value is -3.67. The van der Waals surface area contributed by atoms with Crippen molar-refractivity contribution in [1.82, 2.24) is 0 Å². The lowest BCUT2D eigenvalue weighted by molar-refractivity contribution is -0.268. The molecule has 0 radical (unpaired) electrons. The fourth-order valence-electron chi connectivity index (χ4n) is 4.76. The Morgan fingerprint density at radius 3 is 1.81 bits per heavy atom. The van der Waals surface area contributed by atoms with Crippen LogP contribution in [0.4, 0.5) is 0 Å². The molecule has 228 valence electrons.